The number of carbonyl (C=O) groups is 2. The number of carboxylic acid groups (broad SMARTS) is 1. The molecule has 0 aromatic heterocycles. The Balaban J connectivity index is 2.08. The molecule has 0 heterocycles. The number of carboxylic acids is 1. The van der Waals surface area contributed by atoms with Gasteiger partial charge in [-0.15, -0.1) is 0 Å². The first kappa shape index (κ1) is 22.5. The summed E-state index contributed by atoms with van der Waals surface area (Å²) in [6.45, 7) is 0.556. The number of carbonyl (C=O) groups excluding carboxylic acids is 1. The number of benzene rings is 2. The van der Waals surface area contributed by atoms with Crippen molar-refractivity contribution in [2.75, 3.05) is 14.2 Å². The van der Waals surface area contributed by atoms with Crippen LogP contribution in [0.1, 0.15) is 16.7 Å². The van der Waals surface area contributed by atoms with Gasteiger partial charge >= 0.3 is 12.0 Å². The molecule has 0 bridgehead atoms. The molecule has 160 valence electrons. The zero-order chi connectivity index (χ0) is 22.1. The fourth-order valence-corrected chi connectivity index (χ4v) is 2.96. The van der Waals surface area contributed by atoms with Crippen molar-refractivity contribution in [3.8, 4) is 5.75 Å². The lowest BCUT2D eigenvalue weighted by atomic mass is 10.00. The average Bonchev–Trinajstić information content (AvgIpc) is 2.72. The second-order valence-electron chi connectivity index (χ2n) is 6.75. The maximum atomic E-state index is 12.6. The quantitative estimate of drug-likeness (QED) is 0.312. The van der Waals surface area contributed by atoms with Crippen molar-refractivity contribution < 1.29 is 19.4 Å². The fraction of sp³-hybridized carbons (Fsp3) is 0.286. The molecule has 9 nitrogen and oxygen atoms in total. The normalized spacial score (nSPS) is 11.3. The molecule has 0 saturated carbocycles. The number of urea groups is 1. The number of hydrogen-bond donors (Lipinski definition) is 5. The van der Waals surface area contributed by atoms with Gasteiger partial charge in [0.2, 0.25) is 0 Å². The van der Waals surface area contributed by atoms with Gasteiger partial charge in [-0.2, -0.15) is 0 Å². The van der Waals surface area contributed by atoms with E-state index in [2.05, 4.69) is 10.6 Å². The number of hydrogen-bond acceptors (Lipinski definition) is 4. The average molecular weight is 413 g/mol. The molecule has 2 aromatic rings. The highest BCUT2D eigenvalue weighted by Gasteiger charge is 2.23. The zero-order valence-electron chi connectivity index (χ0n) is 17.0. The van der Waals surface area contributed by atoms with Gasteiger partial charge in [-0.3, -0.25) is 5.41 Å². The van der Waals surface area contributed by atoms with Crippen molar-refractivity contribution in [3.63, 3.8) is 0 Å². The lowest BCUT2D eigenvalue weighted by molar-refractivity contribution is -0.139. The van der Waals surface area contributed by atoms with E-state index < -0.39 is 18.0 Å². The van der Waals surface area contributed by atoms with Crippen LogP contribution in [-0.4, -0.2) is 48.2 Å². The van der Waals surface area contributed by atoms with Gasteiger partial charge in [0.25, 0.3) is 0 Å². The maximum Gasteiger partial charge on any atom is 0.326 e. The minimum absolute atomic E-state index is 0.0966. The van der Waals surface area contributed by atoms with Crippen LogP contribution in [0.4, 0.5) is 4.79 Å². The minimum atomic E-state index is -1.14. The molecule has 0 aliphatic carbocycles. The summed E-state index contributed by atoms with van der Waals surface area (Å²) in [7, 11) is 3.14. The van der Waals surface area contributed by atoms with E-state index in [4.69, 9.17) is 15.9 Å². The Kier molecular flexibility index (Phi) is 8.04. The molecular weight excluding hydrogens is 386 g/mol. The van der Waals surface area contributed by atoms with Crippen LogP contribution < -0.4 is 21.1 Å². The molecule has 2 rings (SSSR count). The van der Waals surface area contributed by atoms with E-state index >= 15 is 0 Å². The molecule has 30 heavy (non-hydrogen) atoms. The summed E-state index contributed by atoms with van der Waals surface area (Å²) >= 11 is 0. The van der Waals surface area contributed by atoms with Crippen molar-refractivity contribution in [2.24, 2.45) is 5.73 Å². The standard InChI is InChI=1S/C21H27N5O4/c1-26(13-16-9-5-6-10-18(16)30-2)21(29)25-17(19(27)28)11-14-7-3-4-8-15(14)12-24-20(22)23/h3-10,17H,11-13H2,1-2H3,(H,25,29)(H,27,28)(H4,22,23,24)/t17-/m0/s1. The number of ether oxygens (including phenoxy) is 1. The van der Waals surface area contributed by atoms with E-state index in [1.807, 2.05) is 30.3 Å². The van der Waals surface area contributed by atoms with Crippen molar-refractivity contribution in [1.29, 1.82) is 5.41 Å². The van der Waals surface area contributed by atoms with E-state index in [1.165, 1.54) is 4.90 Å². The highest BCUT2D eigenvalue weighted by atomic mass is 16.5. The Labute approximate surface area is 175 Å². The number of nitrogens with one attached hydrogen (secondary N) is 3. The highest BCUT2D eigenvalue weighted by molar-refractivity contribution is 5.82. The first-order chi connectivity index (χ1) is 14.3. The van der Waals surface area contributed by atoms with E-state index in [-0.39, 0.29) is 18.9 Å². The number of amides is 2. The number of nitrogens with zero attached hydrogens (tertiary/aromatic N) is 1. The number of nitrogens with two attached hydrogens (primary N) is 1. The summed E-state index contributed by atoms with van der Waals surface area (Å²) in [5, 5.41) is 22.2. The molecule has 2 amide bonds. The summed E-state index contributed by atoms with van der Waals surface area (Å²) < 4.78 is 5.29. The minimum Gasteiger partial charge on any atom is -0.496 e. The largest absolute Gasteiger partial charge is 0.496 e. The van der Waals surface area contributed by atoms with Crippen LogP contribution >= 0.6 is 0 Å². The molecule has 0 fully saturated rings. The Hall–Kier alpha value is -3.75. The first-order valence-electron chi connectivity index (χ1n) is 9.32. The number of aliphatic carboxylic acids is 1. The van der Waals surface area contributed by atoms with Crippen LogP contribution in [0.15, 0.2) is 48.5 Å². The molecule has 6 N–H and O–H groups in total. The summed E-state index contributed by atoms with van der Waals surface area (Å²) in [6.07, 6.45) is 0.0966. The van der Waals surface area contributed by atoms with Crippen LogP contribution in [0.5, 0.6) is 5.75 Å². The first-order valence-corrected chi connectivity index (χ1v) is 9.32. The predicted octanol–water partition coefficient (Wildman–Crippen LogP) is 1.52. The molecule has 1 atom stereocenters. The molecular formula is C21H27N5O4. The second-order valence-corrected chi connectivity index (χ2v) is 6.75. The van der Waals surface area contributed by atoms with Gasteiger partial charge in [-0.25, -0.2) is 9.59 Å². The van der Waals surface area contributed by atoms with Crippen molar-refractivity contribution in [2.45, 2.75) is 25.6 Å². The molecule has 0 saturated heterocycles. The van der Waals surface area contributed by atoms with E-state index in [0.29, 0.717) is 12.3 Å². The lowest BCUT2D eigenvalue weighted by Gasteiger charge is -2.23. The SMILES string of the molecule is COc1ccccc1CN(C)C(=O)N[C@@H](Cc1ccccc1CNC(=N)N)C(=O)O. The topological polar surface area (TPSA) is 141 Å². The van der Waals surface area contributed by atoms with E-state index in [9.17, 15) is 14.7 Å². The maximum absolute atomic E-state index is 12.6. The van der Waals surface area contributed by atoms with Crippen LogP contribution in [0.25, 0.3) is 0 Å². The van der Waals surface area contributed by atoms with Crippen LogP contribution in [0.3, 0.4) is 0 Å². The summed E-state index contributed by atoms with van der Waals surface area (Å²) in [5.74, 6) is -0.659. The van der Waals surface area contributed by atoms with E-state index in [1.54, 1.807) is 32.4 Å². The highest BCUT2D eigenvalue weighted by Crippen LogP contribution is 2.19. The van der Waals surface area contributed by atoms with Crippen molar-refractivity contribution in [3.05, 3.63) is 65.2 Å². The van der Waals surface area contributed by atoms with Gasteiger partial charge in [-0.1, -0.05) is 42.5 Å². The van der Waals surface area contributed by atoms with Crippen molar-refractivity contribution >= 4 is 18.0 Å². The molecule has 0 spiro atoms. The second kappa shape index (κ2) is 10.7. The Morgan fingerprint density at radius 1 is 1.13 bits per heavy atom. The monoisotopic (exact) mass is 413 g/mol. The predicted molar refractivity (Wildman–Crippen MR) is 113 cm³/mol. The summed E-state index contributed by atoms with van der Waals surface area (Å²) in [6, 6.07) is 12.9. The third-order valence-electron chi connectivity index (χ3n) is 4.55. The molecule has 2 aromatic carbocycles. The zero-order valence-corrected chi connectivity index (χ0v) is 17.0. The Bertz CT molecular complexity index is 902. The third kappa shape index (κ3) is 6.40. The molecule has 0 aliphatic heterocycles. The Morgan fingerprint density at radius 3 is 2.33 bits per heavy atom. The number of guanidine groups is 1. The molecule has 9 heteroatoms. The van der Waals surface area contributed by atoms with Crippen LogP contribution in [0, 0.1) is 5.41 Å². The summed E-state index contributed by atoms with van der Waals surface area (Å²) in [5.41, 5.74) is 7.68. The lowest BCUT2D eigenvalue weighted by Crippen LogP contribution is -2.47. The number of methoxy groups -OCH3 is 1. The smallest absolute Gasteiger partial charge is 0.326 e. The van der Waals surface area contributed by atoms with E-state index in [0.717, 1.165) is 16.7 Å². The number of rotatable bonds is 9. The molecule has 0 aliphatic rings. The van der Waals surface area contributed by atoms with Gasteiger partial charge in [0.05, 0.1) is 13.7 Å². The van der Waals surface area contributed by atoms with Gasteiger partial charge < -0.3 is 31.1 Å². The third-order valence-corrected chi connectivity index (χ3v) is 4.55. The molecule has 0 radical (unpaired) electrons. The fourth-order valence-electron chi connectivity index (χ4n) is 2.96. The van der Waals surface area contributed by atoms with Gasteiger partial charge in [0.15, 0.2) is 5.96 Å². The van der Waals surface area contributed by atoms with Gasteiger partial charge in [-0.05, 0) is 17.2 Å². The Morgan fingerprint density at radius 2 is 1.73 bits per heavy atom. The van der Waals surface area contributed by atoms with Gasteiger partial charge in [0.1, 0.15) is 11.8 Å². The number of para-hydroxylation sites is 1. The van der Waals surface area contributed by atoms with Gasteiger partial charge in [0, 0.05) is 25.6 Å². The molecule has 0 unspecified atom stereocenters. The summed E-state index contributed by atoms with van der Waals surface area (Å²) in [4.78, 5) is 25.8. The van der Waals surface area contributed by atoms with Crippen LogP contribution in [0.2, 0.25) is 0 Å². The van der Waals surface area contributed by atoms with Crippen LogP contribution in [-0.2, 0) is 24.3 Å². The van der Waals surface area contributed by atoms with Crippen molar-refractivity contribution in [1.82, 2.24) is 15.5 Å².